The molecule has 4 amide bonds. The fraction of sp³-hybridized carbons (Fsp3) is 0.600. The van der Waals surface area contributed by atoms with E-state index in [9.17, 15) is 29.1 Å². The van der Waals surface area contributed by atoms with Gasteiger partial charge in [0.15, 0.2) is 0 Å². The topological polar surface area (TPSA) is 248 Å². The standard InChI is InChI=1S/C20H34N8O6/c1-11(22)17(30)26-13(4-2-3-7-21)18(31)27-14(5-6-16(23)29)19(32)28-15(20(33)34)8-12-9-24-10-25-12/h9-11,13-15H,2-8,21-22H2,1H3,(H2,23,29)(H,24,25)(H,26,30)(H,27,31)(H,28,32)(H,33,34). The van der Waals surface area contributed by atoms with E-state index >= 15 is 0 Å². The van der Waals surface area contributed by atoms with E-state index in [1.165, 1.54) is 19.4 Å². The number of aromatic nitrogens is 2. The van der Waals surface area contributed by atoms with Crippen LogP contribution in [0.5, 0.6) is 0 Å². The maximum atomic E-state index is 12.9. The number of nitrogens with two attached hydrogens (primary N) is 3. The molecular formula is C20H34N8O6. The van der Waals surface area contributed by atoms with Gasteiger partial charge in [-0.05, 0) is 39.2 Å². The van der Waals surface area contributed by atoms with Gasteiger partial charge in [0.2, 0.25) is 23.6 Å². The smallest absolute Gasteiger partial charge is 0.326 e. The van der Waals surface area contributed by atoms with E-state index in [1.54, 1.807) is 0 Å². The summed E-state index contributed by atoms with van der Waals surface area (Å²) in [5.41, 5.74) is 16.7. The molecule has 0 saturated heterocycles. The van der Waals surface area contributed by atoms with E-state index in [0.29, 0.717) is 25.1 Å². The minimum atomic E-state index is -1.32. The van der Waals surface area contributed by atoms with Crippen molar-refractivity contribution in [1.82, 2.24) is 25.9 Å². The molecule has 14 nitrogen and oxygen atoms in total. The lowest BCUT2D eigenvalue weighted by molar-refractivity contribution is -0.142. The summed E-state index contributed by atoms with van der Waals surface area (Å²) in [4.78, 5) is 67.3. The van der Waals surface area contributed by atoms with Gasteiger partial charge in [-0.15, -0.1) is 0 Å². The molecule has 190 valence electrons. The van der Waals surface area contributed by atoms with Gasteiger partial charge in [0, 0.05) is 24.7 Å². The predicted molar refractivity (Wildman–Crippen MR) is 121 cm³/mol. The highest BCUT2D eigenvalue weighted by atomic mass is 16.4. The number of carboxylic acid groups (broad SMARTS) is 1. The van der Waals surface area contributed by atoms with E-state index in [1.807, 2.05) is 0 Å². The summed E-state index contributed by atoms with van der Waals surface area (Å²) >= 11 is 0. The zero-order valence-corrected chi connectivity index (χ0v) is 19.1. The Morgan fingerprint density at radius 1 is 1.00 bits per heavy atom. The third kappa shape index (κ3) is 10.4. The van der Waals surface area contributed by atoms with Crippen molar-refractivity contribution in [3.8, 4) is 0 Å². The molecular weight excluding hydrogens is 448 g/mol. The van der Waals surface area contributed by atoms with Gasteiger partial charge in [0.1, 0.15) is 18.1 Å². The molecule has 0 fully saturated rings. The summed E-state index contributed by atoms with van der Waals surface area (Å²) < 4.78 is 0. The molecule has 0 aromatic carbocycles. The van der Waals surface area contributed by atoms with Crippen LogP contribution in [0.1, 0.15) is 44.7 Å². The zero-order valence-electron chi connectivity index (χ0n) is 19.1. The summed E-state index contributed by atoms with van der Waals surface area (Å²) in [6.45, 7) is 1.85. The summed E-state index contributed by atoms with van der Waals surface area (Å²) in [6.07, 6.45) is 3.68. The predicted octanol–water partition coefficient (Wildman–Crippen LogP) is -2.77. The Morgan fingerprint density at radius 2 is 1.59 bits per heavy atom. The highest BCUT2D eigenvalue weighted by Crippen LogP contribution is 2.06. The number of aliphatic carboxylic acids is 1. The van der Waals surface area contributed by atoms with Crippen LogP contribution in [0.4, 0.5) is 0 Å². The van der Waals surface area contributed by atoms with Gasteiger partial charge in [-0.25, -0.2) is 9.78 Å². The number of primary amides is 1. The van der Waals surface area contributed by atoms with Crippen LogP contribution in [0.3, 0.4) is 0 Å². The summed E-state index contributed by atoms with van der Waals surface area (Å²) in [6, 6.07) is -4.46. The number of hydrogen-bond acceptors (Lipinski definition) is 8. The van der Waals surface area contributed by atoms with Crippen molar-refractivity contribution in [3.63, 3.8) is 0 Å². The quantitative estimate of drug-likeness (QED) is 0.113. The molecule has 0 saturated carbocycles. The number of imidazole rings is 1. The number of amides is 4. The van der Waals surface area contributed by atoms with Crippen LogP contribution in [0.2, 0.25) is 0 Å². The van der Waals surface area contributed by atoms with Crippen LogP contribution in [-0.2, 0) is 30.4 Å². The minimum Gasteiger partial charge on any atom is -0.480 e. The average molecular weight is 483 g/mol. The summed E-state index contributed by atoms with van der Waals surface area (Å²) in [5.74, 6) is -4.07. The Bertz CT molecular complexity index is 829. The number of rotatable bonds is 16. The average Bonchev–Trinajstić information content (AvgIpc) is 3.28. The molecule has 0 aliphatic heterocycles. The van der Waals surface area contributed by atoms with Crippen LogP contribution in [0, 0.1) is 0 Å². The number of carboxylic acids is 1. The SMILES string of the molecule is CC(N)C(=O)NC(CCCCN)C(=O)NC(CCC(N)=O)C(=O)NC(Cc1cnc[nH]1)C(=O)O. The van der Waals surface area contributed by atoms with Gasteiger partial charge in [0.05, 0.1) is 12.4 Å². The Kier molecular flexibility index (Phi) is 12.2. The maximum absolute atomic E-state index is 12.9. The molecule has 0 radical (unpaired) electrons. The highest BCUT2D eigenvalue weighted by Gasteiger charge is 2.30. The number of unbranched alkanes of at least 4 members (excludes halogenated alkanes) is 1. The van der Waals surface area contributed by atoms with Crippen molar-refractivity contribution in [2.24, 2.45) is 17.2 Å². The van der Waals surface area contributed by atoms with Gasteiger partial charge in [-0.1, -0.05) is 0 Å². The van der Waals surface area contributed by atoms with Crippen LogP contribution in [0.25, 0.3) is 0 Å². The lowest BCUT2D eigenvalue weighted by Gasteiger charge is -2.24. The Balaban J connectivity index is 2.97. The number of nitrogens with zero attached hydrogens (tertiary/aromatic N) is 1. The molecule has 11 N–H and O–H groups in total. The lowest BCUT2D eigenvalue weighted by atomic mass is 10.0. The first-order valence-corrected chi connectivity index (χ1v) is 10.9. The largest absolute Gasteiger partial charge is 0.480 e. The first kappa shape index (κ1) is 28.5. The van der Waals surface area contributed by atoms with E-state index in [-0.39, 0.29) is 25.7 Å². The number of carbonyl (C=O) groups is 5. The van der Waals surface area contributed by atoms with Crippen LogP contribution in [0.15, 0.2) is 12.5 Å². The van der Waals surface area contributed by atoms with Gasteiger partial charge in [-0.3, -0.25) is 19.2 Å². The third-order valence-electron chi connectivity index (χ3n) is 4.90. The van der Waals surface area contributed by atoms with Gasteiger partial charge < -0.3 is 43.2 Å². The molecule has 34 heavy (non-hydrogen) atoms. The normalized spacial score (nSPS) is 14.3. The fourth-order valence-corrected chi connectivity index (χ4v) is 2.98. The fourth-order valence-electron chi connectivity index (χ4n) is 2.98. The minimum absolute atomic E-state index is 0.0796. The van der Waals surface area contributed by atoms with Crippen molar-refractivity contribution in [2.45, 2.75) is 69.6 Å². The van der Waals surface area contributed by atoms with E-state index in [0.717, 1.165) is 0 Å². The summed E-state index contributed by atoms with van der Waals surface area (Å²) in [7, 11) is 0. The van der Waals surface area contributed by atoms with E-state index in [2.05, 4.69) is 25.9 Å². The molecule has 1 rings (SSSR count). The first-order valence-electron chi connectivity index (χ1n) is 10.9. The summed E-state index contributed by atoms with van der Waals surface area (Å²) in [5, 5.41) is 16.9. The Morgan fingerprint density at radius 3 is 2.09 bits per heavy atom. The Hall–Kier alpha value is -3.52. The van der Waals surface area contributed by atoms with Gasteiger partial charge in [0.25, 0.3) is 0 Å². The van der Waals surface area contributed by atoms with Crippen molar-refractivity contribution in [1.29, 1.82) is 0 Å². The van der Waals surface area contributed by atoms with Gasteiger partial charge >= 0.3 is 5.97 Å². The van der Waals surface area contributed by atoms with Crippen LogP contribution >= 0.6 is 0 Å². The monoisotopic (exact) mass is 482 g/mol. The molecule has 1 heterocycles. The molecule has 14 heteroatoms. The molecule has 1 aromatic heterocycles. The zero-order chi connectivity index (χ0) is 25.7. The van der Waals surface area contributed by atoms with Crippen molar-refractivity contribution in [3.05, 3.63) is 18.2 Å². The molecule has 0 bridgehead atoms. The van der Waals surface area contributed by atoms with Crippen LogP contribution in [-0.4, -0.2) is 75.4 Å². The second-order valence-corrected chi connectivity index (χ2v) is 7.88. The van der Waals surface area contributed by atoms with E-state index in [4.69, 9.17) is 17.2 Å². The highest BCUT2D eigenvalue weighted by molar-refractivity contribution is 5.94. The molecule has 1 aromatic rings. The van der Waals surface area contributed by atoms with E-state index < -0.39 is 53.8 Å². The Labute approximate surface area is 196 Å². The third-order valence-corrected chi connectivity index (χ3v) is 4.90. The second-order valence-electron chi connectivity index (χ2n) is 7.88. The molecule has 4 atom stereocenters. The van der Waals surface area contributed by atoms with Crippen molar-refractivity contribution in [2.75, 3.05) is 6.54 Å². The number of carbonyl (C=O) groups excluding carboxylic acids is 4. The molecule has 0 spiro atoms. The van der Waals surface area contributed by atoms with Gasteiger partial charge in [-0.2, -0.15) is 0 Å². The number of hydrogen-bond donors (Lipinski definition) is 8. The molecule has 4 unspecified atom stereocenters. The number of aromatic amines is 1. The van der Waals surface area contributed by atoms with Crippen molar-refractivity contribution < 1.29 is 29.1 Å². The first-order chi connectivity index (χ1) is 16.0. The van der Waals surface area contributed by atoms with Crippen molar-refractivity contribution >= 4 is 29.6 Å². The number of nitrogens with one attached hydrogen (secondary N) is 4. The molecule has 0 aliphatic carbocycles. The number of H-pyrrole nitrogens is 1. The lowest BCUT2D eigenvalue weighted by Crippen LogP contribution is -2.57. The maximum Gasteiger partial charge on any atom is 0.326 e. The molecule has 0 aliphatic rings. The van der Waals surface area contributed by atoms with Crippen LogP contribution < -0.4 is 33.2 Å². The second kappa shape index (κ2) is 14.6.